The number of carbonyl (C=O) groups excluding carboxylic acids is 1. The molecule has 6 nitrogen and oxygen atoms in total. The van der Waals surface area contributed by atoms with E-state index in [1.165, 1.54) is 32.4 Å². The standard InChI is InChI=1S/C13H17FN2O4/c1-16(11-6-4-3-5-9(11)14)13(19)15-10(12(17)18)7-8-20-2/h3-6,10H,7-8H2,1-2H3,(H,15,19)(H,17,18). The fourth-order valence-electron chi connectivity index (χ4n) is 1.57. The van der Waals surface area contributed by atoms with Crippen molar-refractivity contribution in [2.75, 3.05) is 25.7 Å². The Balaban J connectivity index is 2.73. The van der Waals surface area contributed by atoms with Gasteiger partial charge in [0, 0.05) is 27.2 Å². The van der Waals surface area contributed by atoms with Crippen molar-refractivity contribution in [3.8, 4) is 0 Å². The Labute approximate surface area is 116 Å². The first-order valence-electron chi connectivity index (χ1n) is 5.98. The zero-order chi connectivity index (χ0) is 15.1. The van der Waals surface area contributed by atoms with Crippen LogP contribution in [0.15, 0.2) is 24.3 Å². The molecule has 0 heterocycles. The molecule has 0 aliphatic carbocycles. The summed E-state index contributed by atoms with van der Waals surface area (Å²) in [4.78, 5) is 23.9. The van der Waals surface area contributed by atoms with E-state index in [0.717, 1.165) is 4.90 Å². The van der Waals surface area contributed by atoms with Gasteiger partial charge in [-0.3, -0.25) is 4.90 Å². The number of carbonyl (C=O) groups is 2. The highest BCUT2D eigenvalue weighted by atomic mass is 19.1. The molecule has 1 rings (SSSR count). The van der Waals surface area contributed by atoms with Crippen LogP contribution in [0.3, 0.4) is 0 Å². The highest BCUT2D eigenvalue weighted by Gasteiger charge is 2.22. The number of carboxylic acid groups (broad SMARTS) is 1. The summed E-state index contributed by atoms with van der Waals surface area (Å²) < 4.78 is 18.3. The van der Waals surface area contributed by atoms with Crippen LogP contribution in [-0.4, -0.2) is 43.9 Å². The number of hydrogen-bond donors (Lipinski definition) is 2. The van der Waals surface area contributed by atoms with Crippen molar-refractivity contribution in [3.05, 3.63) is 30.1 Å². The largest absolute Gasteiger partial charge is 0.480 e. The lowest BCUT2D eigenvalue weighted by molar-refractivity contribution is -0.139. The maximum absolute atomic E-state index is 13.5. The zero-order valence-corrected chi connectivity index (χ0v) is 11.3. The highest BCUT2D eigenvalue weighted by molar-refractivity contribution is 5.94. The number of benzene rings is 1. The van der Waals surface area contributed by atoms with Crippen molar-refractivity contribution in [2.45, 2.75) is 12.5 Å². The van der Waals surface area contributed by atoms with Gasteiger partial charge in [-0.1, -0.05) is 12.1 Å². The molecular weight excluding hydrogens is 267 g/mol. The third-order valence-corrected chi connectivity index (χ3v) is 2.72. The number of anilines is 1. The van der Waals surface area contributed by atoms with Gasteiger partial charge in [0.15, 0.2) is 0 Å². The summed E-state index contributed by atoms with van der Waals surface area (Å²) in [5, 5.41) is 11.3. The summed E-state index contributed by atoms with van der Waals surface area (Å²) in [6.07, 6.45) is 0.128. The first-order valence-corrected chi connectivity index (χ1v) is 5.98. The molecular formula is C13H17FN2O4. The number of nitrogens with zero attached hydrogens (tertiary/aromatic N) is 1. The van der Waals surface area contributed by atoms with Crippen LogP contribution >= 0.6 is 0 Å². The lowest BCUT2D eigenvalue weighted by Gasteiger charge is -2.21. The third-order valence-electron chi connectivity index (χ3n) is 2.72. The van der Waals surface area contributed by atoms with Gasteiger partial charge in [0.1, 0.15) is 11.9 Å². The molecule has 0 aliphatic rings. The fourth-order valence-corrected chi connectivity index (χ4v) is 1.57. The summed E-state index contributed by atoms with van der Waals surface area (Å²) in [7, 11) is 2.80. The van der Waals surface area contributed by atoms with Gasteiger partial charge < -0.3 is 15.2 Å². The van der Waals surface area contributed by atoms with Crippen molar-refractivity contribution in [3.63, 3.8) is 0 Å². The molecule has 0 radical (unpaired) electrons. The van der Waals surface area contributed by atoms with Gasteiger partial charge in [-0.05, 0) is 12.1 Å². The Kier molecular flexibility index (Phi) is 5.92. The summed E-state index contributed by atoms with van der Waals surface area (Å²) in [5.41, 5.74) is 0.0703. The molecule has 0 saturated carbocycles. The van der Waals surface area contributed by atoms with Crippen molar-refractivity contribution in [1.29, 1.82) is 0 Å². The number of carboxylic acids is 1. The molecule has 2 amide bonds. The number of para-hydroxylation sites is 1. The zero-order valence-electron chi connectivity index (χ0n) is 11.3. The second-order valence-corrected chi connectivity index (χ2v) is 4.13. The van der Waals surface area contributed by atoms with E-state index in [1.807, 2.05) is 0 Å². The number of methoxy groups -OCH3 is 1. The van der Waals surface area contributed by atoms with E-state index >= 15 is 0 Å². The molecule has 0 saturated heterocycles. The Morgan fingerprint density at radius 2 is 2.10 bits per heavy atom. The van der Waals surface area contributed by atoms with Crippen molar-refractivity contribution < 1.29 is 23.8 Å². The van der Waals surface area contributed by atoms with E-state index in [2.05, 4.69) is 5.32 Å². The van der Waals surface area contributed by atoms with Crippen LogP contribution < -0.4 is 10.2 Å². The summed E-state index contributed by atoms with van der Waals surface area (Å²) >= 11 is 0. The smallest absolute Gasteiger partial charge is 0.326 e. The predicted molar refractivity (Wildman–Crippen MR) is 71.3 cm³/mol. The predicted octanol–water partition coefficient (Wildman–Crippen LogP) is 1.46. The average molecular weight is 284 g/mol. The topological polar surface area (TPSA) is 78.9 Å². The van der Waals surface area contributed by atoms with Crippen molar-refractivity contribution in [2.24, 2.45) is 0 Å². The van der Waals surface area contributed by atoms with Gasteiger partial charge in [0.2, 0.25) is 0 Å². The van der Waals surface area contributed by atoms with Crippen LogP contribution in [0.5, 0.6) is 0 Å². The molecule has 0 fully saturated rings. The van der Waals surface area contributed by atoms with Gasteiger partial charge in [-0.25, -0.2) is 14.0 Å². The molecule has 1 atom stereocenters. The second kappa shape index (κ2) is 7.44. The Bertz CT molecular complexity index is 481. The molecule has 7 heteroatoms. The fraction of sp³-hybridized carbons (Fsp3) is 0.385. The van der Waals surface area contributed by atoms with E-state index in [0.29, 0.717) is 0 Å². The monoisotopic (exact) mass is 284 g/mol. The summed E-state index contributed by atoms with van der Waals surface area (Å²) in [5.74, 6) is -1.73. The number of ether oxygens (including phenoxy) is 1. The minimum Gasteiger partial charge on any atom is -0.480 e. The second-order valence-electron chi connectivity index (χ2n) is 4.13. The van der Waals surface area contributed by atoms with E-state index in [-0.39, 0.29) is 18.7 Å². The first kappa shape index (κ1) is 15.9. The summed E-state index contributed by atoms with van der Waals surface area (Å²) in [6, 6.07) is 3.96. The molecule has 20 heavy (non-hydrogen) atoms. The lowest BCUT2D eigenvalue weighted by Crippen LogP contribution is -2.47. The molecule has 1 aromatic rings. The van der Waals surface area contributed by atoms with Crippen LogP contribution in [0, 0.1) is 5.82 Å². The van der Waals surface area contributed by atoms with E-state index in [1.54, 1.807) is 6.07 Å². The number of amides is 2. The number of halogens is 1. The normalized spacial score (nSPS) is 11.8. The molecule has 0 aliphatic heterocycles. The van der Waals surface area contributed by atoms with Crippen LogP contribution in [0.25, 0.3) is 0 Å². The molecule has 2 N–H and O–H groups in total. The van der Waals surface area contributed by atoms with E-state index in [4.69, 9.17) is 9.84 Å². The minimum absolute atomic E-state index is 0.0703. The van der Waals surface area contributed by atoms with Gasteiger partial charge >= 0.3 is 12.0 Å². The van der Waals surface area contributed by atoms with Crippen LogP contribution in [0.2, 0.25) is 0 Å². The maximum atomic E-state index is 13.5. The molecule has 0 aromatic heterocycles. The minimum atomic E-state index is -1.17. The van der Waals surface area contributed by atoms with Gasteiger partial charge in [-0.2, -0.15) is 0 Å². The molecule has 0 spiro atoms. The van der Waals surface area contributed by atoms with E-state index in [9.17, 15) is 14.0 Å². The lowest BCUT2D eigenvalue weighted by atomic mass is 10.2. The van der Waals surface area contributed by atoms with Crippen molar-refractivity contribution in [1.82, 2.24) is 5.32 Å². The van der Waals surface area contributed by atoms with Gasteiger partial charge in [0.25, 0.3) is 0 Å². The third kappa shape index (κ3) is 4.20. The molecule has 110 valence electrons. The van der Waals surface area contributed by atoms with Gasteiger partial charge in [0.05, 0.1) is 5.69 Å². The highest BCUT2D eigenvalue weighted by Crippen LogP contribution is 2.17. The van der Waals surface area contributed by atoms with Crippen LogP contribution in [0.4, 0.5) is 14.9 Å². The molecule has 1 unspecified atom stereocenters. The number of nitrogens with one attached hydrogen (secondary N) is 1. The Morgan fingerprint density at radius 1 is 1.45 bits per heavy atom. The quantitative estimate of drug-likeness (QED) is 0.829. The number of hydrogen-bond acceptors (Lipinski definition) is 3. The van der Waals surface area contributed by atoms with Crippen molar-refractivity contribution >= 4 is 17.7 Å². The number of aliphatic carboxylic acids is 1. The average Bonchev–Trinajstić information content (AvgIpc) is 2.42. The summed E-state index contributed by atoms with van der Waals surface area (Å²) in [6.45, 7) is 0.195. The molecule has 0 bridgehead atoms. The Hall–Kier alpha value is -2.15. The van der Waals surface area contributed by atoms with E-state index < -0.39 is 23.9 Å². The maximum Gasteiger partial charge on any atom is 0.326 e. The molecule has 1 aromatic carbocycles. The van der Waals surface area contributed by atoms with Crippen LogP contribution in [0.1, 0.15) is 6.42 Å². The van der Waals surface area contributed by atoms with Crippen LogP contribution in [-0.2, 0) is 9.53 Å². The number of urea groups is 1. The first-order chi connectivity index (χ1) is 9.47. The SMILES string of the molecule is COCCC(NC(=O)N(C)c1ccccc1F)C(=O)O. The Morgan fingerprint density at radius 3 is 2.65 bits per heavy atom. The van der Waals surface area contributed by atoms with Gasteiger partial charge in [-0.15, -0.1) is 0 Å². The number of rotatable bonds is 6.